The maximum atomic E-state index is 7.24. The fourth-order valence-corrected chi connectivity index (χ4v) is 12.7. The summed E-state index contributed by atoms with van der Waals surface area (Å²) in [5, 5.41) is 7.16. The highest BCUT2D eigenvalue weighted by Crippen LogP contribution is 2.65. The van der Waals surface area contributed by atoms with E-state index in [1.54, 1.807) is 0 Å². The lowest BCUT2D eigenvalue weighted by Gasteiger charge is -2.32. The predicted octanol–water partition coefficient (Wildman–Crippen LogP) is 16.7. The number of para-hydroxylation sites is 2. The van der Waals surface area contributed by atoms with Crippen molar-refractivity contribution in [3.63, 3.8) is 0 Å². The molecule has 0 bridgehead atoms. The first kappa shape index (κ1) is 37.6. The number of fused-ring (bicyclic) bond motifs is 18. The van der Waals surface area contributed by atoms with Crippen molar-refractivity contribution in [2.45, 2.75) is 10.3 Å². The summed E-state index contributed by atoms with van der Waals surface area (Å²) in [6.45, 7) is 0. The fraction of sp³-hybridized carbons (Fsp3) is 0.0645. The smallest absolute Gasteiger partial charge is 0.160 e. The van der Waals surface area contributed by atoms with E-state index in [0.29, 0.717) is 0 Å². The van der Waals surface area contributed by atoms with Crippen LogP contribution in [0.4, 0.5) is 17.1 Å². The van der Waals surface area contributed by atoms with E-state index in [1.165, 1.54) is 76.5 Å². The molecule has 0 atom stereocenters. The lowest BCUT2D eigenvalue weighted by molar-refractivity contribution is 0.668. The Hall–Kier alpha value is -7.79. The van der Waals surface area contributed by atoms with E-state index in [9.17, 15) is 0 Å². The van der Waals surface area contributed by atoms with Gasteiger partial charge in [-0.2, -0.15) is 0 Å². The zero-order valence-electron chi connectivity index (χ0n) is 36.9. The molecular weight excluding hydrogens is 821 g/mol. The van der Waals surface area contributed by atoms with E-state index >= 15 is 0 Å². The van der Waals surface area contributed by atoms with Crippen LogP contribution < -0.4 is 4.90 Å². The van der Waals surface area contributed by atoms with Gasteiger partial charge < -0.3 is 13.9 Å². The van der Waals surface area contributed by atoms with Gasteiger partial charge in [-0.25, -0.2) is 10.0 Å². The van der Waals surface area contributed by atoms with E-state index in [1.807, 2.05) is 0 Å². The third-order valence-corrected chi connectivity index (χ3v) is 16.2. The topological polar surface area (TPSA) is 21.3 Å². The third kappa shape index (κ3) is 5.05. The summed E-state index contributed by atoms with van der Waals surface area (Å²) in [6, 6.07) is 79.0. The average Bonchev–Trinajstić information content (AvgIpc) is 4.08. The van der Waals surface area contributed by atoms with E-state index in [2.05, 4.69) is 241 Å². The highest BCUT2D eigenvalue weighted by Gasteiger charge is 2.52. The molecule has 0 aliphatic heterocycles. The van der Waals surface area contributed by atoms with Crippen molar-refractivity contribution in [2.75, 3.05) is 23.7 Å². The van der Waals surface area contributed by atoms with Gasteiger partial charge in [0.1, 0.15) is 5.58 Å². The molecule has 0 saturated heterocycles. The zero-order valence-corrected chi connectivity index (χ0v) is 37.7. The van der Waals surface area contributed by atoms with Crippen LogP contribution in [0.25, 0.3) is 82.5 Å². The zero-order chi connectivity index (χ0) is 43.9. The minimum Gasteiger partial charge on any atom is -0.454 e. The van der Waals surface area contributed by atoms with Crippen molar-refractivity contribution in [2.24, 2.45) is 0 Å². The van der Waals surface area contributed by atoms with Gasteiger partial charge in [0, 0.05) is 38.6 Å². The molecule has 314 valence electrons. The van der Waals surface area contributed by atoms with E-state index in [0.717, 1.165) is 50.2 Å². The molecule has 0 N–H and O–H groups in total. The van der Waals surface area contributed by atoms with Gasteiger partial charge in [-0.3, -0.25) is 0 Å². The Labute approximate surface area is 385 Å². The maximum Gasteiger partial charge on any atom is 0.160 e. The monoisotopic (exact) mass is 864 g/mol. The Morgan fingerprint density at radius 1 is 0.455 bits per heavy atom. The quantitative estimate of drug-likeness (QED) is 0.172. The van der Waals surface area contributed by atoms with Crippen molar-refractivity contribution in [1.82, 2.24) is 4.57 Å². The number of rotatable bonds is 5. The van der Waals surface area contributed by atoms with Gasteiger partial charge >= 0.3 is 0 Å². The first-order valence-electron chi connectivity index (χ1n) is 22.8. The number of nitrogens with zero attached hydrogens (tertiary/aromatic N) is 2. The van der Waals surface area contributed by atoms with Crippen LogP contribution in [0.3, 0.4) is 0 Å². The van der Waals surface area contributed by atoms with Crippen LogP contribution in [-0.4, -0.2) is 23.3 Å². The number of hydrogen-bond acceptors (Lipinski definition) is 2. The van der Waals surface area contributed by atoms with Crippen LogP contribution >= 0.6 is 10.0 Å². The number of furan rings is 1. The van der Waals surface area contributed by atoms with Gasteiger partial charge in [0.15, 0.2) is 5.58 Å². The van der Waals surface area contributed by atoms with Gasteiger partial charge in [0.25, 0.3) is 0 Å². The van der Waals surface area contributed by atoms with Crippen LogP contribution in [0.15, 0.2) is 222 Å². The number of anilines is 3. The molecule has 0 radical (unpaired) electrons. The van der Waals surface area contributed by atoms with Crippen LogP contribution in [-0.2, 0) is 5.41 Å². The third-order valence-electron chi connectivity index (χ3n) is 14.5. The van der Waals surface area contributed by atoms with Crippen LogP contribution in [0, 0.1) is 0 Å². The molecule has 1 spiro atoms. The summed E-state index contributed by atoms with van der Waals surface area (Å²) >= 11 is 0. The molecule has 2 heterocycles. The molecule has 0 saturated carbocycles. The summed E-state index contributed by atoms with van der Waals surface area (Å²) < 4.78 is 9.69. The highest BCUT2D eigenvalue weighted by atomic mass is 32.3. The number of hydrogen-bond donors (Lipinski definition) is 0. The van der Waals surface area contributed by atoms with Gasteiger partial charge in [0.05, 0.1) is 22.1 Å². The molecule has 2 aliphatic rings. The SMILES string of the molecule is CS(C)(C)c1ccc(N(c2ccc3c4ccccc4n(-c4ccc5ccccc5c4)c3c2)c2cc3c(c4c2oc2ccccc24)-c2ccccc2C32c3ccccc3-c3ccccc32)cc1. The van der Waals surface area contributed by atoms with Crippen molar-refractivity contribution < 1.29 is 4.42 Å². The Morgan fingerprint density at radius 3 is 1.79 bits per heavy atom. The molecule has 66 heavy (non-hydrogen) atoms. The summed E-state index contributed by atoms with van der Waals surface area (Å²) in [4.78, 5) is 3.84. The molecule has 10 aromatic carbocycles. The van der Waals surface area contributed by atoms with Gasteiger partial charge in [-0.15, -0.1) is 0 Å². The molecule has 2 aromatic heterocycles. The van der Waals surface area contributed by atoms with Crippen molar-refractivity contribution in [3.05, 3.63) is 235 Å². The van der Waals surface area contributed by atoms with Crippen LogP contribution in [0.1, 0.15) is 22.3 Å². The highest BCUT2D eigenvalue weighted by molar-refractivity contribution is 8.32. The molecule has 3 nitrogen and oxygen atoms in total. The molecule has 14 rings (SSSR count). The molecule has 2 aliphatic carbocycles. The van der Waals surface area contributed by atoms with Crippen molar-refractivity contribution in [3.8, 4) is 27.9 Å². The molecule has 0 amide bonds. The molecule has 12 aromatic rings. The summed E-state index contributed by atoms with van der Waals surface area (Å²) in [6.07, 6.45) is 7.10. The summed E-state index contributed by atoms with van der Waals surface area (Å²) in [7, 11) is -0.973. The standard InChI is InChI=1S/C62H44N2OS/c1-66(2,3)44-33-30-41(31-34-44)63(43-32-35-48-47-20-9-14-26-55(47)64(56(48)37-43)42-29-28-39-16-4-5-17-40(39)36-42)57-38-54-59(60-50-22-10-15-27-58(50)65-61(57)60)49-21-8-13-25-53(49)62(54)51-23-11-6-18-45(51)46-19-7-12-24-52(46)62/h4-38H,1-3H3. The van der Waals surface area contributed by atoms with Crippen molar-refractivity contribution in [1.29, 1.82) is 0 Å². The normalized spacial score (nSPS) is 13.7. The van der Waals surface area contributed by atoms with Crippen LogP contribution in [0.5, 0.6) is 0 Å². The second-order valence-corrected chi connectivity index (χ2v) is 22.9. The fourth-order valence-electron chi connectivity index (χ4n) is 11.7. The van der Waals surface area contributed by atoms with Gasteiger partial charge in [-0.1, -0.05) is 146 Å². The van der Waals surface area contributed by atoms with Crippen molar-refractivity contribution >= 4 is 81.6 Å². The Morgan fingerprint density at radius 2 is 1.05 bits per heavy atom. The number of benzene rings is 10. The molecule has 0 unspecified atom stereocenters. The van der Waals surface area contributed by atoms with Crippen LogP contribution in [0.2, 0.25) is 0 Å². The van der Waals surface area contributed by atoms with Gasteiger partial charge in [-0.05, 0) is 146 Å². The average molecular weight is 865 g/mol. The Bertz CT molecular complexity index is 3950. The second kappa shape index (κ2) is 13.6. The van der Waals surface area contributed by atoms with E-state index in [-0.39, 0.29) is 0 Å². The minimum absolute atomic E-state index is 0.544. The summed E-state index contributed by atoms with van der Waals surface area (Å²) in [5.41, 5.74) is 18.1. The molecule has 0 fully saturated rings. The largest absolute Gasteiger partial charge is 0.454 e. The second-order valence-electron chi connectivity index (χ2n) is 18.8. The Balaban J connectivity index is 1.12. The first-order valence-corrected chi connectivity index (χ1v) is 25.6. The maximum absolute atomic E-state index is 7.24. The Kier molecular flexibility index (Phi) is 7.75. The van der Waals surface area contributed by atoms with E-state index < -0.39 is 15.4 Å². The first-order chi connectivity index (χ1) is 32.4. The lowest BCUT2D eigenvalue weighted by Crippen LogP contribution is -2.26. The molecular formula is C62H44N2OS. The summed E-state index contributed by atoms with van der Waals surface area (Å²) in [5.74, 6) is 0. The minimum atomic E-state index is -0.973. The number of aromatic nitrogens is 1. The lowest BCUT2D eigenvalue weighted by atomic mass is 9.70. The van der Waals surface area contributed by atoms with Gasteiger partial charge in [0.2, 0.25) is 0 Å². The van der Waals surface area contributed by atoms with E-state index in [4.69, 9.17) is 4.42 Å². The molecule has 4 heteroatoms. The predicted molar refractivity (Wildman–Crippen MR) is 280 cm³/mol.